The summed E-state index contributed by atoms with van der Waals surface area (Å²) < 4.78 is 13.4. The van der Waals surface area contributed by atoms with Crippen molar-refractivity contribution in [3.63, 3.8) is 0 Å². The Bertz CT molecular complexity index is 309. The monoisotopic (exact) mass is 179 g/mol. The van der Waals surface area contributed by atoms with E-state index < -0.39 is 0 Å². The van der Waals surface area contributed by atoms with Crippen molar-refractivity contribution in [3.8, 4) is 0 Å². The van der Waals surface area contributed by atoms with Gasteiger partial charge in [0.2, 0.25) is 0 Å². The number of benzene rings is 1. The van der Waals surface area contributed by atoms with Crippen LogP contribution in [0, 0.1) is 12.7 Å². The van der Waals surface area contributed by atoms with Gasteiger partial charge < -0.3 is 5.73 Å². The van der Waals surface area contributed by atoms with Gasteiger partial charge in [-0.25, -0.2) is 4.39 Å². The van der Waals surface area contributed by atoms with Gasteiger partial charge in [0.05, 0.1) is 0 Å². The second-order valence-electron chi connectivity index (χ2n) is 4.07. The Hall–Kier alpha value is -0.890. The molecule has 0 aromatic heterocycles. The number of hydrogen-bond donors (Lipinski definition) is 1. The lowest BCUT2D eigenvalue weighted by Crippen LogP contribution is -2.25. The van der Waals surface area contributed by atoms with Gasteiger partial charge in [0.25, 0.3) is 0 Å². The largest absolute Gasteiger partial charge is 0.325 e. The maximum atomic E-state index is 13.4. The first kappa shape index (κ1) is 8.70. The minimum Gasteiger partial charge on any atom is -0.325 e. The molecule has 0 bridgehead atoms. The van der Waals surface area contributed by atoms with E-state index in [-0.39, 0.29) is 11.4 Å². The lowest BCUT2D eigenvalue weighted by molar-refractivity contribution is 0.580. The van der Waals surface area contributed by atoms with Crippen molar-refractivity contribution >= 4 is 0 Å². The third-order valence-corrected chi connectivity index (χ3v) is 2.77. The maximum absolute atomic E-state index is 13.4. The van der Waals surface area contributed by atoms with Gasteiger partial charge in [0, 0.05) is 5.54 Å². The molecule has 0 heterocycles. The molecular weight excluding hydrogens is 165 g/mol. The van der Waals surface area contributed by atoms with Crippen molar-refractivity contribution in [3.05, 3.63) is 35.1 Å². The summed E-state index contributed by atoms with van der Waals surface area (Å²) in [7, 11) is 0. The quantitative estimate of drug-likeness (QED) is 0.739. The van der Waals surface area contributed by atoms with Gasteiger partial charge in [-0.15, -0.1) is 0 Å². The van der Waals surface area contributed by atoms with E-state index in [4.69, 9.17) is 5.73 Å². The molecule has 2 N–H and O–H groups in total. The molecule has 1 aromatic carbocycles. The summed E-state index contributed by atoms with van der Waals surface area (Å²) in [6.07, 6.45) is 2.74. The number of nitrogens with two attached hydrogens (primary N) is 1. The molecule has 1 fully saturated rings. The maximum Gasteiger partial charge on any atom is 0.126 e. The van der Waals surface area contributed by atoms with Gasteiger partial charge in [-0.3, -0.25) is 0 Å². The first-order valence-electron chi connectivity index (χ1n) is 4.64. The van der Waals surface area contributed by atoms with E-state index in [1.54, 1.807) is 6.07 Å². The Morgan fingerprint density at radius 2 is 2.15 bits per heavy atom. The minimum atomic E-state index is -0.114. The number of rotatable bonds is 2. The van der Waals surface area contributed by atoms with Gasteiger partial charge in [-0.05, 0) is 43.4 Å². The number of halogens is 1. The topological polar surface area (TPSA) is 26.0 Å². The molecule has 13 heavy (non-hydrogen) atoms. The summed E-state index contributed by atoms with van der Waals surface area (Å²) in [4.78, 5) is 0. The van der Waals surface area contributed by atoms with Crippen LogP contribution < -0.4 is 5.73 Å². The molecule has 0 unspecified atom stereocenters. The van der Waals surface area contributed by atoms with E-state index >= 15 is 0 Å². The van der Waals surface area contributed by atoms with Gasteiger partial charge in [0.1, 0.15) is 5.82 Å². The zero-order chi connectivity index (χ0) is 9.47. The highest BCUT2D eigenvalue weighted by Crippen LogP contribution is 2.36. The summed E-state index contributed by atoms with van der Waals surface area (Å²) in [5, 5.41) is 0. The van der Waals surface area contributed by atoms with Crippen molar-refractivity contribution in [2.45, 2.75) is 31.7 Å². The number of hydrogen-bond acceptors (Lipinski definition) is 1. The Morgan fingerprint density at radius 1 is 1.46 bits per heavy atom. The van der Waals surface area contributed by atoms with E-state index in [1.165, 1.54) is 6.07 Å². The molecule has 0 aliphatic heterocycles. The van der Waals surface area contributed by atoms with E-state index in [1.807, 2.05) is 13.0 Å². The zero-order valence-electron chi connectivity index (χ0n) is 7.81. The second-order valence-corrected chi connectivity index (χ2v) is 4.07. The van der Waals surface area contributed by atoms with Crippen molar-refractivity contribution in [2.75, 3.05) is 0 Å². The lowest BCUT2D eigenvalue weighted by atomic mass is 10.00. The smallest absolute Gasteiger partial charge is 0.126 e. The van der Waals surface area contributed by atoms with E-state index in [9.17, 15) is 4.39 Å². The third-order valence-electron chi connectivity index (χ3n) is 2.77. The van der Waals surface area contributed by atoms with Crippen LogP contribution in [0.4, 0.5) is 4.39 Å². The molecule has 0 radical (unpaired) electrons. The normalized spacial score (nSPS) is 18.7. The summed E-state index contributed by atoms with van der Waals surface area (Å²) in [6.45, 7) is 1.93. The van der Waals surface area contributed by atoms with Crippen molar-refractivity contribution in [2.24, 2.45) is 5.73 Å². The van der Waals surface area contributed by atoms with E-state index in [0.717, 1.165) is 24.0 Å². The van der Waals surface area contributed by atoms with Gasteiger partial charge in [-0.2, -0.15) is 0 Å². The molecule has 0 saturated heterocycles. The first-order valence-corrected chi connectivity index (χ1v) is 4.64. The summed E-state index contributed by atoms with van der Waals surface area (Å²) >= 11 is 0. The molecule has 0 atom stereocenters. The molecule has 0 amide bonds. The van der Waals surface area contributed by atoms with Crippen LogP contribution in [0.2, 0.25) is 0 Å². The standard InChI is InChI=1S/C11H14FN/c1-8-3-2-4-10(12)9(8)7-11(13)5-6-11/h2-4H,5-7,13H2,1H3. The van der Waals surface area contributed by atoms with Crippen LogP contribution in [0.1, 0.15) is 24.0 Å². The average Bonchev–Trinajstić information content (AvgIpc) is 2.78. The fourth-order valence-electron chi connectivity index (χ4n) is 1.58. The predicted molar refractivity (Wildman–Crippen MR) is 51.0 cm³/mol. The third kappa shape index (κ3) is 1.73. The van der Waals surface area contributed by atoms with Crippen LogP contribution >= 0.6 is 0 Å². The SMILES string of the molecule is Cc1cccc(F)c1CC1(N)CC1. The highest BCUT2D eigenvalue weighted by molar-refractivity contribution is 5.30. The van der Waals surface area contributed by atoms with Crippen molar-refractivity contribution in [1.82, 2.24) is 0 Å². The van der Waals surface area contributed by atoms with Crippen LogP contribution in [0.15, 0.2) is 18.2 Å². The highest BCUT2D eigenvalue weighted by atomic mass is 19.1. The number of aryl methyl sites for hydroxylation is 1. The molecule has 2 rings (SSSR count). The van der Waals surface area contributed by atoms with Crippen molar-refractivity contribution in [1.29, 1.82) is 0 Å². The van der Waals surface area contributed by atoms with Gasteiger partial charge in [0.15, 0.2) is 0 Å². The molecule has 1 aliphatic rings. The molecule has 2 heteroatoms. The van der Waals surface area contributed by atoms with Crippen LogP contribution in [-0.4, -0.2) is 5.54 Å². The van der Waals surface area contributed by atoms with Crippen LogP contribution in [0.3, 0.4) is 0 Å². The van der Waals surface area contributed by atoms with E-state index in [2.05, 4.69) is 0 Å². The van der Waals surface area contributed by atoms with Gasteiger partial charge >= 0.3 is 0 Å². The summed E-state index contributed by atoms with van der Waals surface area (Å²) in [5.74, 6) is -0.114. The fraction of sp³-hybridized carbons (Fsp3) is 0.455. The summed E-state index contributed by atoms with van der Waals surface area (Å²) in [5.41, 5.74) is 7.65. The molecule has 70 valence electrons. The van der Waals surface area contributed by atoms with Crippen LogP contribution in [-0.2, 0) is 6.42 Å². The second kappa shape index (κ2) is 2.81. The lowest BCUT2D eigenvalue weighted by Gasteiger charge is -2.11. The molecule has 0 spiro atoms. The molecular formula is C11H14FN. The highest BCUT2D eigenvalue weighted by Gasteiger charge is 2.38. The fourth-order valence-corrected chi connectivity index (χ4v) is 1.58. The van der Waals surface area contributed by atoms with Crippen LogP contribution in [0.25, 0.3) is 0 Å². The molecule has 1 aliphatic carbocycles. The Balaban J connectivity index is 2.28. The molecule has 1 nitrogen and oxygen atoms in total. The molecule has 1 aromatic rings. The zero-order valence-corrected chi connectivity index (χ0v) is 7.81. The minimum absolute atomic E-state index is 0.104. The van der Waals surface area contributed by atoms with Gasteiger partial charge in [-0.1, -0.05) is 12.1 Å². The first-order chi connectivity index (χ1) is 6.11. The predicted octanol–water partition coefficient (Wildman–Crippen LogP) is 2.17. The Labute approximate surface area is 77.8 Å². The van der Waals surface area contributed by atoms with E-state index in [0.29, 0.717) is 6.42 Å². The Kier molecular flexibility index (Phi) is 1.88. The Morgan fingerprint density at radius 3 is 2.69 bits per heavy atom. The summed E-state index contributed by atoms with van der Waals surface area (Å²) in [6, 6.07) is 5.18. The average molecular weight is 179 g/mol. The molecule has 1 saturated carbocycles. The van der Waals surface area contributed by atoms with Crippen molar-refractivity contribution < 1.29 is 4.39 Å². The van der Waals surface area contributed by atoms with Crippen LogP contribution in [0.5, 0.6) is 0 Å².